The second-order valence-corrected chi connectivity index (χ2v) is 2.84. The Morgan fingerprint density at radius 1 is 1.54 bits per heavy atom. The third-order valence-electron chi connectivity index (χ3n) is 1.82. The van der Waals surface area contributed by atoms with Crippen molar-refractivity contribution in [2.75, 3.05) is 6.54 Å². The quantitative estimate of drug-likeness (QED) is 0.552. The molecule has 3 heteroatoms. The maximum absolute atomic E-state index is 11.2. The van der Waals surface area contributed by atoms with E-state index >= 15 is 0 Å². The van der Waals surface area contributed by atoms with E-state index < -0.39 is 0 Å². The van der Waals surface area contributed by atoms with Crippen LogP contribution in [0.3, 0.4) is 0 Å². The molecular formula is C10H11NO2. The third-order valence-corrected chi connectivity index (χ3v) is 1.82. The highest BCUT2D eigenvalue weighted by Gasteiger charge is 2.08. The first-order valence-corrected chi connectivity index (χ1v) is 3.98. The molecule has 0 aliphatic rings. The summed E-state index contributed by atoms with van der Waals surface area (Å²) in [6.07, 6.45) is 0.676. The van der Waals surface area contributed by atoms with Crippen LogP contribution >= 0.6 is 0 Å². The first-order valence-electron chi connectivity index (χ1n) is 3.98. The van der Waals surface area contributed by atoms with E-state index in [2.05, 4.69) is 0 Å². The minimum absolute atomic E-state index is 0.0656. The van der Waals surface area contributed by atoms with Gasteiger partial charge in [0.25, 0.3) is 0 Å². The van der Waals surface area contributed by atoms with Crippen LogP contribution in [0.15, 0.2) is 18.2 Å². The van der Waals surface area contributed by atoms with Crippen LogP contribution in [0.2, 0.25) is 0 Å². The minimum atomic E-state index is -0.206. The van der Waals surface area contributed by atoms with Crippen molar-refractivity contribution in [1.82, 2.24) is 0 Å². The number of hydrogen-bond donors (Lipinski definition) is 1. The van der Waals surface area contributed by atoms with Crippen LogP contribution in [0.1, 0.15) is 26.3 Å². The van der Waals surface area contributed by atoms with Gasteiger partial charge < -0.3 is 5.73 Å². The standard InChI is InChI=1S/C10H11NO2/c1-7-2-3-9(10(13)5-11)8(4-7)6-12/h2-4,6H,5,11H2,1H3. The second kappa shape index (κ2) is 3.96. The van der Waals surface area contributed by atoms with E-state index in [4.69, 9.17) is 5.73 Å². The molecule has 1 aromatic carbocycles. The summed E-state index contributed by atoms with van der Waals surface area (Å²) in [6, 6.07) is 5.10. The Hall–Kier alpha value is -1.48. The molecular weight excluding hydrogens is 166 g/mol. The predicted octanol–water partition coefficient (Wildman–Crippen LogP) is 0.949. The van der Waals surface area contributed by atoms with Crippen LogP contribution in [-0.4, -0.2) is 18.6 Å². The Labute approximate surface area is 76.6 Å². The van der Waals surface area contributed by atoms with Crippen LogP contribution in [0.4, 0.5) is 0 Å². The fourth-order valence-corrected chi connectivity index (χ4v) is 1.14. The molecule has 68 valence electrons. The molecule has 0 radical (unpaired) electrons. The zero-order valence-corrected chi connectivity index (χ0v) is 7.41. The average Bonchev–Trinajstić information content (AvgIpc) is 2.16. The van der Waals surface area contributed by atoms with Crippen molar-refractivity contribution in [2.24, 2.45) is 5.73 Å². The highest BCUT2D eigenvalue weighted by molar-refractivity contribution is 6.03. The highest BCUT2D eigenvalue weighted by atomic mass is 16.1. The number of Topliss-reactive ketones (excluding diaryl/α,β-unsaturated/α-hetero) is 1. The molecule has 0 heterocycles. The lowest BCUT2D eigenvalue weighted by atomic mass is 10.0. The van der Waals surface area contributed by atoms with Gasteiger partial charge >= 0.3 is 0 Å². The lowest BCUT2D eigenvalue weighted by molar-refractivity contribution is 0.0994. The zero-order chi connectivity index (χ0) is 9.84. The van der Waals surface area contributed by atoms with E-state index in [0.717, 1.165) is 5.56 Å². The summed E-state index contributed by atoms with van der Waals surface area (Å²) < 4.78 is 0. The van der Waals surface area contributed by atoms with E-state index in [1.165, 1.54) is 0 Å². The zero-order valence-electron chi connectivity index (χ0n) is 7.41. The Morgan fingerprint density at radius 2 is 2.23 bits per heavy atom. The topological polar surface area (TPSA) is 60.2 Å². The molecule has 3 nitrogen and oxygen atoms in total. The lowest BCUT2D eigenvalue weighted by Crippen LogP contribution is -2.15. The van der Waals surface area contributed by atoms with Gasteiger partial charge in [0.1, 0.15) is 0 Å². The molecule has 0 fully saturated rings. The largest absolute Gasteiger partial charge is 0.324 e. The van der Waals surface area contributed by atoms with Crippen LogP contribution in [0, 0.1) is 6.92 Å². The molecule has 0 aromatic heterocycles. The number of rotatable bonds is 3. The van der Waals surface area contributed by atoms with Crippen LogP contribution in [0.5, 0.6) is 0 Å². The number of benzene rings is 1. The number of ketones is 1. The maximum Gasteiger partial charge on any atom is 0.177 e. The van der Waals surface area contributed by atoms with E-state index in [-0.39, 0.29) is 12.3 Å². The summed E-state index contributed by atoms with van der Waals surface area (Å²) in [4.78, 5) is 21.8. The first kappa shape index (κ1) is 9.61. The fourth-order valence-electron chi connectivity index (χ4n) is 1.14. The Morgan fingerprint density at radius 3 is 2.77 bits per heavy atom. The van der Waals surface area contributed by atoms with Gasteiger partial charge in [-0.3, -0.25) is 9.59 Å². The molecule has 0 aliphatic carbocycles. The van der Waals surface area contributed by atoms with E-state index in [9.17, 15) is 9.59 Å². The summed E-state index contributed by atoms with van der Waals surface area (Å²) in [5, 5.41) is 0. The number of carbonyl (C=O) groups is 2. The second-order valence-electron chi connectivity index (χ2n) is 2.84. The van der Waals surface area contributed by atoms with Crippen molar-refractivity contribution in [1.29, 1.82) is 0 Å². The molecule has 0 bridgehead atoms. The van der Waals surface area contributed by atoms with E-state index in [0.29, 0.717) is 17.4 Å². The van der Waals surface area contributed by atoms with Crippen molar-refractivity contribution < 1.29 is 9.59 Å². The van der Waals surface area contributed by atoms with Gasteiger partial charge in [-0.15, -0.1) is 0 Å². The smallest absolute Gasteiger partial charge is 0.177 e. The van der Waals surface area contributed by atoms with Crippen molar-refractivity contribution in [2.45, 2.75) is 6.92 Å². The molecule has 0 spiro atoms. The number of aryl methyl sites for hydroxylation is 1. The van der Waals surface area contributed by atoms with Crippen molar-refractivity contribution in [3.63, 3.8) is 0 Å². The van der Waals surface area contributed by atoms with Gasteiger partial charge in [0.15, 0.2) is 12.1 Å². The molecule has 0 atom stereocenters. The van der Waals surface area contributed by atoms with E-state index in [1.807, 2.05) is 6.92 Å². The SMILES string of the molecule is Cc1ccc(C(=O)CN)c(C=O)c1. The molecule has 1 rings (SSSR count). The lowest BCUT2D eigenvalue weighted by Gasteiger charge is -2.02. The van der Waals surface area contributed by atoms with Gasteiger partial charge in [-0.2, -0.15) is 0 Å². The minimum Gasteiger partial charge on any atom is -0.324 e. The summed E-state index contributed by atoms with van der Waals surface area (Å²) in [5.74, 6) is -0.206. The Balaban J connectivity index is 3.20. The first-order chi connectivity index (χ1) is 6.19. The molecule has 2 N–H and O–H groups in total. The molecule has 0 saturated carbocycles. The monoisotopic (exact) mass is 177 g/mol. The van der Waals surface area contributed by atoms with Crippen LogP contribution in [0.25, 0.3) is 0 Å². The average molecular weight is 177 g/mol. The van der Waals surface area contributed by atoms with Gasteiger partial charge in [-0.25, -0.2) is 0 Å². The van der Waals surface area contributed by atoms with Crippen molar-refractivity contribution >= 4 is 12.1 Å². The maximum atomic E-state index is 11.2. The number of aldehydes is 1. The van der Waals surface area contributed by atoms with Gasteiger partial charge in [-0.05, 0) is 13.0 Å². The normalized spacial score (nSPS) is 9.69. The van der Waals surface area contributed by atoms with Gasteiger partial charge in [0.2, 0.25) is 0 Å². The summed E-state index contributed by atoms with van der Waals surface area (Å²) in [5.41, 5.74) is 6.97. The Kier molecular flexibility index (Phi) is 2.93. The number of hydrogen-bond acceptors (Lipinski definition) is 3. The van der Waals surface area contributed by atoms with Gasteiger partial charge in [0, 0.05) is 11.1 Å². The molecule has 0 saturated heterocycles. The van der Waals surface area contributed by atoms with Crippen LogP contribution in [-0.2, 0) is 0 Å². The van der Waals surface area contributed by atoms with Crippen LogP contribution < -0.4 is 5.73 Å². The highest BCUT2D eigenvalue weighted by Crippen LogP contribution is 2.09. The number of carbonyl (C=O) groups excluding carboxylic acids is 2. The summed E-state index contributed by atoms with van der Waals surface area (Å²) >= 11 is 0. The number of nitrogens with two attached hydrogens (primary N) is 1. The summed E-state index contributed by atoms with van der Waals surface area (Å²) in [7, 11) is 0. The third kappa shape index (κ3) is 2.00. The molecule has 0 amide bonds. The predicted molar refractivity (Wildman–Crippen MR) is 50.0 cm³/mol. The molecule has 1 aromatic rings. The van der Waals surface area contributed by atoms with Gasteiger partial charge in [0.05, 0.1) is 6.54 Å². The Bertz CT molecular complexity index is 345. The van der Waals surface area contributed by atoms with E-state index in [1.54, 1.807) is 18.2 Å². The van der Waals surface area contributed by atoms with Crippen molar-refractivity contribution in [3.8, 4) is 0 Å². The summed E-state index contributed by atoms with van der Waals surface area (Å²) in [6.45, 7) is 1.80. The van der Waals surface area contributed by atoms with Gasteiger partial charge in [-0.1, -0.05) is 17.7 Å². The molecule has 13 heavy (non-hydrogen) atoms. The molecule has 0 aliphatic heterocycles. The fraction of sp³-hybridized carbons (Fsp3) is 0.200. The van der Waals surface area contributed by atoms with Crippen molar-refractivity contribution in [3.05, 3.63) is 34.9 Å². The molecule has 0 unspecified atom stereocenters.